The van der Waals surface area contributed by atoms with Gasteiger partial charge in [0.25, 0.3) is 0 Å². The molecule has 0 saturated heterocycles. The zero-order valence-corrected chi connectivity index (χ0v) is 9.72. The highest BCUT2D eigenvalue weighted by Gasteiger charge is 2.17. The van der Waals surface area contributed by atoms with Gasteiger partial charge in [-0.3, -0.25) is 4.98 Å². The monoisotopic (exact) mass is 249 g/mol. The molecule has 0 aliphatic rings. The summed E-state index contributed by atoms with van der Waals surface area (Å²) in [4.78, 5) is 7.98. The molecule has 0 atom stereocenters. The van der Waals surface area contributed by atoms with Crippen LogP contribution < -0.4 is 0 Å². The molecule has 0 fully saturated rings. The standard InChI is InChI=1S/C10H8ClN5O/c1-17-6-8-7(4-12)10(11)16(15-8)9-5-13-2-3-14-9/h2-3,5H,6H2,1H3. The molecule has 0 amide bonds. The molecule has 0 saturated carbocycles. The summed E-state index contributed by atoms with van der Waals surface area (Å²) in [6.45, 7) is 0.218. The molecule has 0 aliphatic carbocycles. The molecule has 2 heterocycles. The van der Waals surface area contributed by atoms with E-state index in [0.717, 1.165) is 0 Å². The summed E-state index contributed by atoms with van der Waals surface area (Å²) >= 11 is 6.05. The zero-order chi connectivity index (χ0) is 12.3. The van der Waals surface area contributed by atoms with Gasteiger partial charge < -0.3 is 4.74 Å². The first-order valence-electron chi connectivity index (χ1n) is 4.70. The van der Waals surface area contributed by atoms with Crippen molar-refractivity contribution in [1.29, 1.82) is 5.26 Å². The van der Waals surface area contributed by atoms with Crippen LogP contribution in [0.4, 0.5) is 0 Å². The first kappa shape index (κ1) is 11.5. The molecule has 0 unspecified atom stereocenters. The second kappa shape index (κ2) is 4.91. The van der Waals surface area contributed by atoms with Crippen LogP contribution in [0.15, 0.2) is 18.6 Å². The first-order chi connectivity index (χ1) is 8.27. The Hall–Kier alpha value is -1.97. The lowest BCUT2D eigenvalue weighted by molar-refractivity contribution is 0.181. The Morgan fingerprint density at radius 2 is 2.35 bits per heavy atom. The van der Waals surface area contributed by atoms with Gasteiger partial charge in [-0.15, -0.1) is 0 Å². The third-order valence-electron chi connectivity index (χ3n) is 2.06. The van der Waals surface area contributed by atoms with Gasteiger partial charge in [0.2, 0.25) is 0 Å². The second-order valence-electron chi connectivity index (χ2n) is 3.13. The molecule has 6 nitrogen and oxygen atoms in total. The molecular formula is C10H8ClN5O. The van der Waals surface area contributed by atoms with Gasteiger partial charge in [0, 0.05) is 19.5 Å². The van der Waals surface area contributed by atoms with Gasteiger partial charge in [0.1, 0.15) is 17.3 Å². The molecule has 0 bridgehead atoms. The first-order valence-corrected chi connectivity index (χ1v) is 5.08. The van der Waals surface area contributed by atoms with Gasteiger partial charge in [-0.2, -0.15) is 10.4 Å². The summed E-state index contributed by atoms with van der Waals surface area (Å²) in [7, 11) is 1.52. The van der Waals surface area contributed by atoms with Crippen molar-refractivity contribution in [3.63, 3.8) is 0 Å². The predicted octanol–water partition coefficient (Wildman–Crippen LogP) is 1.33. The molecule has 0 aromatic carbocycles. The fourth-order valence-corrected chi connectivity index (χ4v) is 1.62. The van der Waals surface area contributed by atoms with Crippen molar-refractivity contribution in [2.75, 3.05) is 7.11 Å². The van der Waals surface area contributed by atoms with Gasteiger partial charge in [0.05, 0.1) is 12.8 Å². The van der Waals surface area contributed by atoms with Crippen molar-refractivity contribution in [2.45, 2.75) is 6.61 Å². The van der Waals surface area contributed by atoms with E-state index < -0.39 is 0 Å². The third-order valence-corrected chi connectivity index (χ3v) is 2.41. The van der Waals surface area contributed by atoms with E-state index in [9.17, 15) is 0 Å². The van der Waals surface area contributed by atoms with Crippen molar-refractivity contribution in [3.05, 3.63) is 35.0 Å². The van der Waals surface area contributed by atoms with Crippen LogP contribution in [0.1, 0.15) is 11.3 Å². The lowest BCUT2D eigenvalue weighted by Crippen LogP contribution is -2.00. The van der Waals surface area contributed by atoms with Crippen LogP contribution in [0.25, 0.3) is 5.82 Å². The molecule has 0 N–H and O–H groups in total. The number of hydrogen-bond donors (Lipinski definition) is 0. The maximum Gasteiger partial charge on any atom is 0.173 e. The van der Waals surface area contributed by atoms with E-state index in [1.165, 1.54) is 24.2 Å². The molecule has 2 aromatic heterocycles. The zero-order valence-electron chi connectivity index (χ0n) is 8.96. The fourth-order valence-electron chi connectivity index (χ4n) is 1.34. The van der Waals surface area contributed by atoms with Crippen LogP contribution in [0.3, 0.4) is 0 Å². The van der Waals surface area contributed by atoms with Gasteiger partial charge >= 0.3 is 0 Å². The van der Waals surface area contributed by atoms with Crippen LogP contribution in [0.5, 0.6) is 0 Å². The number of halogens is 1. The third kappa shape index (κ3) is 2.11. The predicted molar refractivity (Wildman–Crippen MR) is 59.6 cm³/mol. The van der Waals surface area contributed by atoms with Crippen molar-refractivity contribution >= 4 is 11.6 Å². The number of ether oxygens (including phenoxy) is 1. The average Bonchev–Trinajstić information content (AvgIpc) is 2.67. The quantitative estimate of drug-likeness (QED) is 0.820. The summed E-state index contributed by atoms with van der Waals surface area (Å²) in [5.74, 6) is 0.455. The van der Waals surface area contributed by atoms with Crippen LogP contribution in [0.2, 0.25) is 5.15 Å². The van der Waals surface area contributed by atoms with Crippen molar-refractivity contribution in [2.24, 2.45) is 0 Å². The number of methoxy groups -OCH3 is 1. The van der Waals surface area contributed by atoms with Gasteiger partial charge in [-0.1, -0.05) is 11.6 Å². The summed E-state index contributed by atoms with van der Waals surface area (Å²) in [5, 5.41) is 13.4. The molecule has 86 valence electrons. The molecule has 7 heteroatoms. The lowest BCUT2D eigenvalue weighted by atomic mass is 10.3. The Balaban J connectivity index is 2.54. The normalized spacial score (nSPS) is 10.2. The molecule has 0 spiro atoms. The van der Waals surface area contributed by atoms with Gasteiger partial charge in [0.15, 0.2) is 11.0 Å². The van der Waals surface area contributed by atoms with Crippen molar-refractivity contribution < 1.29 is 4.74 Å². The Bertz CT molecular complexity index is 560. The summed E-state index contributed by atoms with van der Waals surface area (Å²) in [6.07, 6.45) is 4.58. The molecule has 0 aliphatic heterocycles. The number of nitrogens with zero attached hydrogens (tertiary/aromatic N) is 5. The largest absolute Gasteiger partial charge is 0.378 e. The smallest absolute Gasteiger partial charge is 0.173 e. The van der Waals surface area contributed by atoms with Gasteiger partial charge in [-0.05, 0) is 0 Å². The minimum atomic E-state index is 0.208. The maximum absolute atomic E-state index is 9.01. The van der Waals surface area contributed by atoms with Crippen LogP contribution in [-0.2, 0) is 11.3 Å². The molecule has 17 heavy (non-hydrogen) atoms. The Kier molecular flexibility index (Phi) is 3.32. The van der Waals surface area contributed by atoms with Crippen LogP contribution in [0, 0.1) is 11.3 Å². The van der Waals surface area contributed by atoms with Crippen molar-refractivity contribution in [1.82, 2.24) is 19.7 Å². The van der Waals surface area contributed by atoms with E-state index >= 15 is 0 Å². The highest BCUT2D eigenvalue weighted by Crippen LogP contribution is 2.22. The van der Waals surface area contributed by atoms with E-state index in [1.54, 1.807) is 6.20 Å². The van der Waals surface area contributed by atoms with Crippen LogP contribution >= 0.6 is 11.6 Å². The Morgan fingerprint density at radius 1 is 1.53 bits per heavy atom. The highest BCUT2D eigenvalue weighted by molar-refractivity contribution is 6.31. The number of aromatic nitrogens is 4. The van der Waals surface area contributed by atoms with E-state index in [2.05, 4.69) is 15.1 Å². The lowest BCUT2D eigenvalue weighted by Gasteiger charge is -1.99. The topological polar surface area (TPSA) is 76.6 Å². The van der Waals surface area contributed by atoms with Gasteiger partial charge in [-0.25, -0.2) is 9.67 Å². The minimum Gasteiger partial charge on any atom is -0.378 e. The average molecular weight is 250 g/mol. The van der Waals surface area contributed by atoms with E-state index in [4.69, 9.17) is 21.6 Å². The second-order valence-corrected chi connectivity index (χ2v) is 3.49. The van der Waals surface area contributed by atoms with E-state index in [-0.39, 0.29) is 11.8 Å². The SMILES string of the molecule is COCc1nn(-c2cnccn2)c(Cl)c1C#N. The summed E-state index contributed by atoms with van der Waals surface area (Å²) < 4.78 is 6.32. The number of nitriles is 1. The molecule has 0 radical (unpaired) electrons. The van der Waals surface area contributed by atoms with E-state index in [1.807, 2.05) is 6.07 Å². The molecular weight excluding hydrogens is 242 g/mol. The Morgan fingerprint density at radius 3 is 2.94 bits per heavy atom. The fraction of sp³-hybridized carbons (Fsp3) is 0.200. The summed E-state index contributed by atoms with van der Waals surface area (Å²) in [6, 6.07) is 2.00. The molecule has 2 aromatic rings. The highest BCUT2D eigenvalue weighted by atomic mass is 35.5. The minimum absolute atomic E-state index is 0.208. The van der Waals surface area contributed by atoms with Crippen LogP contribution in [-0.4, -0.2) is 26.9 Å². The van der Waals surface area contributed by atoms with E-state index in [0.29, 0.717) is 17.1 Å². The van der Waals surface area contributed by atoms with Crippen molar-refractivity contribution in [3.8, 4) is 11.9 Å². The maximum atomic E-state index is 9.01. The number of rotatable bonds is 3. The Labute approximate surface area is 102 Å². The summed E-state index contributed by atoms with van der Waals surface area (Å²) in [5.41, 5.74) is 0.768. The number of hydrogen-bond acceptors (Lipinski definition) is 5. The molecule has 2 rings (SSSR count).